The summed E-state index contributed by atoms with van der Waals surface area (Å²) in [5.74, 6) is 4.76. The Balaban J connectivity index is 2.72. The maximum absolute atomic E-state index is 13.4. The Morgan fingerprint density at radius 3 is 2.83 bits per heavy atom. The SMILES string of the molecule is CCCCN(C)Cc1ccc(F)c(C#CCO)c1. The molecule has 98 valence electrons. The molecule has 1 aromatic rings. The van der Waals surface area contributed by atoms with Gasteiger partial charge in [0.05, 0.1) is 5.56 Å². The van der Waals surface area contributed by atoms with Crippen molar-refractivity contribution in [2.45, 2.75) is 26.3 Å². The Bertz CT molecular complexity index is 434. The van der Waals surface area contributed by atoms with Gasteiger partial charge < -0.3 is 10.0 Å². The molecule has 0 heterocycles. The zero-order valence-electron chi connectivity index (χ0n) is 11.0. The number of hydrogen-bond acceptors (Lipinski definition) is 2. The van der Waals surface area contributed by atoms with Crippen LogP contribution in [0.25, 0.3) is 0 Å². The van der Waals surface area contributed by atoms with E-state index in [0.29, 0.717) is 5.56 Å². The number of unbranched alkanes of at least 4 members (excludes halogenated alkanes) is 1. The van der Waals surface area contributed by atoms with Gasteiger partial charge in [0, 0.05) is 6.54 Å². The molecule has 0 radical (unpaired) electrons. The topological polar surface area (TPSA) is 23.5 Å². The molecule has 18 heavy (non-hydrogen) atoms. The summed E-state index contributed by atoms with van der Waals surface area (Å²) >= 11 is 0. The highest BCUT2D eigenvalue weighted by molar-refractivity contribution is 5.38. The lowest BCUT2D eigenvalue weighted by molar-refractivity contribution is 0.320. The zero-order chi connectivity index (χ0) is 13.4. The quantitative estimate of drug-likeness (QED) is 0.810. The molecule has 0 aliphatic rings. The maximum Gasteiger partial charge on any atom is 0.138 e. The molecule has 0 aromatic heterocycles. The van der Waals surface area contributed by atoms with Gasteiger partial charge in [0.1, 0.15) is 12.4 Å². The summed E-state index contributed by atoms with van der Waals surface area (Å²) in [7, 11) is 2.05. The molecule has 0 saturated carbocycles. The Morgan fingerprint density at radius 2 is 2.17 bits per heavy atom. The molecule has 0 unspecified atom stereocenters. The fourth-order valence-electron chi connectivity index (χ4n) is 1.72. The van der Waals surface area contributed by atoms with E-state index in [2.05, 4.69) is 30.7 Å². The molecule has 1 rings (SSSR count). The second kappa shape index (κ2) is 7.86. The highest BCUT2D eigenvalue weighted by atomic mass is 19.1. The molecule has 0 aliphatic carbocycles. The lowest BCUT2D eigenvalue weighted by Crippen LogP contribution is -2.19. The van der Waals surface area contributed by atoms with E-state index in [1.807, 2.05) is 0 Å². The summed E-state index contributed by atoms with van der Waals surface area (Å²) in [6, 6.07) is 4.97. The zero-order valence-corrected chi connectivity index (χ0v) is 11.0. The van der Waals surface area contributed by atoms with E-state index in [9.17, 15) is 4.39 Å². The van der Waals surface area contributed by atoms with Crippen LogP contribution in [0.4, 0.5) is 4.39 Å². The minimum atomic E-state index is -0.337. The summed E-state index contributed by atoms with van der Waals surface area (Å²) in [6.07, 6.45) is 2.33. The number of halogens is 1. The van der Waals surface area contributed by atoms with Gasteiger partial charge in [-0.25, -0.2) is 4.39 Å². The number of aliphatic hydroxyl groups is 1. The van der Waals surface area contributed by atoms with Crippen molar-refractivity contribution in [1.82, 2.24) is 4.90 Å². The largest absolute Gasteiger partial charge is 0.384 e. The van der Waals surface area contributed by atoms with Crippen LogP contribution in [0.3, 0.4) is 0 Å². The Hall–Kier alpha value is -1.37. The van der Waals surface area contributed by atoms with Gasteiger partial charge in [-0.15, -0.1) is 0 Å². The van der Waals surface area contributed by atoms with Crippen molar-refractivity contribution in [3.05, 3.63) is 35.1 Å². The summed E-state index contributed by atoms with van der Waals surface area (Å²) in [5, 5.41) is 8.63. The normalized spacial score (nSPS) is 10.3. The van der Waals surface area contributed by atoms with Crippen molar-refractivity contribution in [1.29, 1.82) is 0 Å². The van der Waals surface area contributed by atoms with Crippen LogP contribution in [0.2, 0.25) is 0 Å². The third-order valence-electron chi connectivity index (χ3n) is 2.68. The smallest absolute Gasteiger partial charge is 0.138 e. The van der Waals surface area contributed by atoms with Gasteiger partial charge in [-0.3, -0.25) is 0 Å². The van der Waals surface area contributed by atoms with Crippen molar-refractivity contribution < 1.29 is 9.50 Å². The lowest BCUT2D eigenvalue weighted by Gasteiger charge is -2.16. The highest BCUT2D eigenvalue weighted by Gasteiger charge is 2.04. The van der Waals surface area contributed by atoms with Crippen LogP contribution in [-0.4, -0.2) is 30.2 Å². The first-order valence-corrected chi connectivity index (χ1v) is 6.24. The van der Waals surface area contributed by atoms with Crippen LogP contribution in [0.15, 0.2) is 18.2 Å². The Kier molecular flexibility index (Phi) is 6.42. The lowest BCUT2D eigenvalue weighted by atomic mass is 10.1. The van der Waals surface area contributed by atoms with Crippen LogP contribution in [0, 0.1) is 17.7 Å². The first-order chi connectivity index (χ1) is 8.67. The van der Waals surface area contributed by atoms with Gasteiger partial charge in [0.2, 0.25) is 0 Å². The molecular formula is C15H20FNO. The summed E-state index contributed by atoms with van der Waals surface area (Å²) in [5.41, 5.74) is 1.39. The Labute approximate surface area is 108 Å². The van der Waals surface area contributed by atoms with E-state index in [4.69, 9.17) is 5.11 Å². The van der Waals surface area contributed by atoms with Crippen LogP contribution in [0.1, 0.15) is 30.9 Å². The monoisotopic (exact) mass is 249 g/mol. The average molecular weight is 249 g/mol. The van der Waals surface area contributed by atoms with E-state index < -0.39 is 0 Å². The standard InChI is InChI=1S/C15H20FNO/c1-3-4-9-17(2)12-13-7-8-15(16)14(11-13)6-5-10-18/h7-8,11,18H,3-4,9-10,12H2,1-2H3. The number of benzene rings is 1. The molecule has 0 fully saturated rings. The predicted octanol–water partition coefficient (Wildman–Crippen LogP) is 2.40. The molecule has 0 amide bonds. The van der Waals surface area contributed by atoms with E-state index in [0.717, 1.165) is 25.1 Å². The van der Waals surface area contributed by atoms with Crippen LogP contribution in [0.5, 0.6) is 0 Å². The summed E-state index contributed by atoms with van der Waals surface area (Å²) < 4.78 is 13.4. The van der Waals surface area contributed by atoms with Gasteiger partial charge >= 0.3 is 0 Å². The molecule has 0 aliphatic heterocycles. The van der Waals surface area contributed by atoms with Crippen molar-refractivity contribution in [3.8, 4) is 11.8 Å². The van der Waals surface area contributed by atoms with Crippen molar-refractivity contribution >= 4 is 0 Å². The average Bonchev–Trinajstić information content (AvgIpc) is 2.37. The first kappa shape index (κ1) is 14.7. The minimum Gasteiger partial charge on any atom is -0.384 e. The van der Waals surface area contributed by atoms with Crippen LogP contribution >= 0.6 is 0 Å². The van der Waals surface area contributed by atoms with Crippen molar-refractivity contribution in [2.75, 3.05) is 20.2 Å². The number of hydrogen-bond donors (Lipinski definition) is 1. The number of rotatable bonds is 5. The van der Waals surface area contributed by atoms with Gasteiger partial charge in [-0.2, -0.15) is 0 Å². The molecule has 0 atom stereocenters. The van der Waals surface area contributed by atoms with Crippen molar-refractivity contribution in [2.24, 2.45) is 0 Å². The van der Waals surface area contributed by atoms with Crippen LogP contribution < -0.4 is 0 Å². The molecule has 0 spiro atoms. The summed E-state index contributed by atoms with van der Waals surface area (Å²) in [6.45, 7) is 3.73. The van der Waals surface area contributed by atoms with E-state index >= 15 is 0 Å². The third-order valence-corrected chi connectivity index (χ3v) is 2.68. The van der Waals surface area contributed by atoms with E-state index in [-0.39, 0.29) is 12.4 Å². The fourth-order valence-corrected chi connectivity index (χ4v) is 1.72. The highest BCUT2D eigenvalue weighted by Crippen LogP contribution is 2.11. The van der Waals surface area contributed by atoms with E-state index in [1.54, 1.807) is 12.1 Å². The number of aliphatic hydroxyl groups excluding tert-OH is 1. The van der Waals surface area contributed by atoms with Crippen molar-refractivity contribution in [3.63, 3.8) is 0 Å². The van der Waals surface area contributed by atoms with Gasteiger partial charge in [-0.1, -0.05) is 31.3 Å². The predicted molar refractivity (Wildman–Crippen MR) is 71.6 cm³/mol. The second-order valence-electron chi connectivity index (χ2n) is 4.37. The van der Waals surface area contributed by atoms with Crippen LogP contribution in [-0.2, 0) is 6.54 Å². The van der Waals surface area contributed by atoms with E-state index in [1.165, 1.54) is 12.5 Å². The minimum absolute atomic E-state index is 0.250. The maximum atomic E-state index is 13.4. The molecule has 3 heteroatoms. The molecule has 1 aromatic carbocycles. The summed E-state index contributed by atoms with van der Waals surface area (Å²) in [4.78, 5) is 2.21. The Morgan fingerprint density at radius 1 is 1.39 bits per heavy atom. The van der Waals surface area contributed by atoms with Gasteiger partial charge in [0.25, 0.3) is 0 Å². The number of nitrogens with zero attached hydrogens (tertiary/aromatic N) is 1. The fraction of sp³-hybridized carbons (Fsp3) is 0.467. The molecule has 0 bridgehead atoms. The first-order valence-electron chi connectivity index (χ1n) is 6.24. The molecule has 1 N–H and O–H groups in total. The van der Waals surface area contributed by atoms with Gasteiger partial charge in [0.15, 0.2) is 0 Å². The molecule has 0 saturated heterocycles. The molecule has 2 nitrogen and oxygen atoms in total. The van der Waals surface area contributed by atoms with Gasteiger partial charge in [-0.05, 0) is 37.7 Å². The third kappa shape index (κ3) is 4.87. The molecular weight excluding hydrogens is 229 g/mol. The second-order valence-corrected chi connectivity index (χ2v) is 4.37.